The molecule has 2 N–H and O–H groups in total. The molecule has 1 aromatic carbocycles. The zero-order chi connectivity index (χ0) is 15.3. The van der Waals surface area contributed by atoms with E-state index < -0.39 is 0 Å². The maximum atomic E-state index is 9.68. The third kappa shape index (κ3) is 1.89. The zero-order valence-corrected chi connectivity index (χ0v) is 13.2. The van der Waals surface area contributed by atoms with Gasteiger partial charge in [-0.3, -0.25) is 4.90 Å². The third-order valence-electron chi connectivity index (χ3n) is 5.69. The Morgan fingerprint density at radius 1 is 1.45 bits per heavy atom. The van der Waals surface area contributed by atoms with Gasteiger partial charge in [0.2, 0.25) is 0 Å². The van der Waals surface area contributed by atoms with Crippen molar-refractivity contribution in [1.82, 2.24) is 9.88 Å². The first-order chi connectivity index (χ1) is 10.8. The molecule has 22 heavy (non-hydrogen) atoms. The molecule has 116 valence electrons. The van der Waals surface area contributed by atoms with Gasteiger partial charge in [0.05, 0.1) is 0 Å². The molecule has 1 fully saturated rings. The van der Waals surface area contributed by atoms with Gasteiger partial charge in [-0.2, -0.15) is 0 Å². The lowest BCUT2D eigenvalue weighted by atomic mass is 9.72. The Hall–Kier alpha value is -1.58. The van der Waals surface area contributed by atoms with Crippen LogP contribution in [-0.4, -0.2) is 40.7 Å². The molecule has 2 aliphatic rings. The van der Waals surface area contributed by atoms with Crippen molar-refractivity contribution < 1.29 is 5.11 Å². The van der Waals surface area contributed by atoms with Crippen molar-refractivity contribution in [1.29, 1.82) is 0 Å². The highest BCUT2D eigenvalue weighted by molar-refractivity contribution is 5.91. The van der Waals surface area contributed by atoms with Crippen LogP contribution in [0.3, 0.4) is 0 Å². The van der Waals surface area contributed by atoms with E-state index in [9.17, 15) is 5.11 Å². The van der Waals surface area contributed by atoms with Crippen molar-refractivity contribution in [3.63, 3.8) is 0 Å². The van der Waals surface area contributed by atoms with Crippen LogP contribution in [0.1, 0.15) is 36.1 Å². The number of hydrogen-bond acceptors (Lipinski definition) is 2. The lowest BCUT2D eigenvalue weighted by molar-refractivity contribution is 0.0612. The highest BCUT2D eigenvalue weighted by atomic mass is 16.3. The van der Waals surface area contributed by atoms with Crippen LogP contribution in [0.4, 0.5) is 0 Å². The second kappa shape index (κ2) is 5.25. The Kier molecular flexibility index (Phi) is 3.35. The molecule has 0 bridgehead atoms. The summed E-state index contributed by atoms with van der Waals surface area (Å²) in [6.45, 7) is 8.59. The van der Waals surface area contributed by atoms with E-state index in [1.165, 1.54) is 27.7 Å². The summed E-state index contributed by atoms with van der Waals surface area (Å²) < 4.78 is 0. The number of rotatable bonds is 3. The van der Waals surface area contributed by atoms with Gasteiger partial charge in [0.15, 0.2) is 0 Å². The largest absolute Gasteiger partial charge is 0.396 e. The number of likely N-dealkylation sites (tertiary alicyclic amines) is 1. The van der Waals surface area contributed by atoms with Crippen molar-refractivity contribution >= 4 is 17.0 Å². The molecule has 1 aliphatic carbocycles. The molecule has 3 atom stereocenters. The van der Waals surface area contributed by atoms with E-state index in [-0.39, 0.29) is 0 Å². The normalized spacial score (nSPS) is 27.8. The SMILES string of the molecule is C=Cc1[nH]c2cccc3c2c1C[C@@H]1[C@@H]3CC(CO)CN1CC. The molecule has 1 aliphatic heterocycles. The van der Waals surface area contributed by atoms with E-state index in [2.05, 4.69) is 41.6 Å². The predicted molar refractivity (Wildman–Crippen MR) is 91.1 cm³/mol. The molecule has 1 aromatic heterocycles. The lowest BCUT2D eigenvalue weighted by Crippen LogP contribution is -2.50. The second-order valence-corrected chi connectivity index (χ2v) is 6.74. The molecular weight excluding hydrogens is 272 g/mol. The number of nitrogens with zero attached hydrogens (tertiary/aromatic N) is 1. The first-order valence-corrected chi connectivity index (χ1v) is 8.37. The van der Waals surface area contributed by atoms with Crippen LogP contribution in [0.2, 0.25) is 0 Å². The van der Waals surface area contributed by atoms with E-state index in [0.29, 0.717) is 24.5 Å². The summed E-state index contributed by atoms with van der Waals surface area (Å²) in [6, 6.07) is 7.17. The average Bonchev–Trinajstić information content (AvgIpc) is 2.93. The van der Waals surface area contributed by atoms with Gasteiger partial charge in [-0.15, -0.1) is 0 Å². The van der Waals surface area contributed by atoms with Crippen molar-refractivity contribution in [2.75, 3.05) is 19.7 Å². The molecule has 0 saturated carbocycles. The van der Waals surface area contributed by atoms with Crippen LogP contribution in [0.15, 0.2) is 24.8 Å². The van der Waals surface area contributed by atoms with Gasteiger partial charge >= 0.3 is 0 Å². The first-order valence-electron chi connectivity index (χ1n) is 8.37. The molecule has 4 rings (SSSR count). The fourth-order valence-electron chi connectivity index (χ4n) is 4.68. The molecule has 1 unspecified atom stereocenters. The number of aromatic nitrogens is 1. The fourth-order valence-corrected chi connectivity index (χ4v) is 4.68. The van der Waals surface area contributed by atoms with Crippen LogP contribution in [-0.2, 0) is 6.42 Å². The number of likely N-dealkylation sites (N-methyl/N-ethyl adjacent to an activating group) is 1. The van der Waals surface area contributed by atoms with Crippen LogP contribution in [0, 0.1) is 5.92 Å². The molecule has 0 radical (unpaired) electrons. The fraction of sp³-hybridized carbons (Fsp3) is 0.474. The van der Waals surface area contributed by atoms with Crippen molar-refractivity contribution in [2.24, 2.45) is 5.92 Å². The van der Waals surface area contributed by atoms with Gasteiger partial charge in [-0.1, -0.05) is 25.6 Å². The number of hydrogen-bond donors (Lipinski definition) is 2. The number of nitrogens with one attached hydrogen (secondary N) is 1. The Bertz CT molecular complexity index is 718. The molecule has 3 heteroatoms. The van der Waals surface area contributed by atoms with Crippen LogP contribution < -0.4 is 0 Å². The third-order valence-corrected chi connectivity index (χ3v) is 5.69. The van der Waals surface area contributed by atoms with Gasteiger partial charge in [-0.05, 0) is 48.6 Å². The average molecular weight is 296 g/mol. The van der Waals surface area contributed by atoms with Crippen molar-refractivity contribution in [3.8, 4) is 0 Å². The molecular formula is C19H24N2O. The highest BCUT2D eigenvalue weighted by Crippen LogP contribution is 2.45. The summed E-state index contributed by atoms with van der Waals surface area (Å²) in [4.78, 5) is 6.09. The van der Waals surface area contributed by atoms with Gasteiger partial charge < -0.3 is 10.1 Å². The Labute approximate surface area is 131 Å². The molecule has 3 nitrogen and oxygen atoms in total. The summed E-state index contributed by atoms with van der Waals surface area (Å²) in [5.74, 6) is 0.936. The summed E-state index contributed by atoms with van der Waals surface area (Å²) >= 11 is 0. The predicted octanol–water partition coefficient (Wildman–Crippen LogP) is 3.15. The van der Waals surface area contributed by atoms with Gasteiger partial charge in [0.1, 0.15) is 0 Å². The number of benzene rings is 1. The Balaban J connectivity index is 1.89. The lowest BCUT2D eigenvalue weighted by Gasteiger charge is -2.46. The molecule has 0 spiro atoms. The molecule has 0 amide bonds. The highest BCUT2D eigenvalue weighted by Gasteiger charge is 2.40. The minimum absolute atomic E-state index is 0.299. The monoisotopic (exact) mass is 296 g/mol. The van der Waals surface area contributed by atoms with E-state index in [1.807, 2.05) is 6.08 Å². The smallest absolute Gasteiger partial charge is 0.0471 e. The minimum Gasteiger partial charge on any atom is -0.396 e. The van der Waals surface area contributed by atoms with E-state index >= 15 is 0 Å². The van der Waals surface area contributed by atoms with Crippen LogP contribution in [0.25, 0.3) is 17.0 Å². The quantitative estimate of drug-likeness (QED) is 0.913. The number of H-pyrrole nitrogens is 1. The van der Waals surface area contributed by atoms with Gasteiger partial charge in [0.25, 0.3) is 0 Å². The van der Waals surface area contributed by atoms with Crippen LogP contribution >= 0.6 is 0 Å². The first kappa shape index (κ1) is 14.0. The Morgan fingerprint density at radius 2 is 2.32 bits per heavy atom. The topological polar surface area (TPSA) is 39.3 Å². The summed E-state index contributed by atoms with van der Waals surface area (Å²) in [7, 11) is 0. The molecule has 2 heterocycles. The number of fused-ring (bicyclic) bond motifs is 2. The number of aliphatic hydroxyl groups is 1. The number of aliphatic hydroxyl groups excluding tert-OH is 1. The van der Waals surface area contributed by atoms with Crippen molar-refractivity contribution in [3.05, 3.63) is 41.6 Å². The molecule has 2 aromatic rings. The minimum atomic E-state index is 0.299. The second-order valence-electron chi connectivity index (χ2n) is 6.74. The summed E-state index contributed by atoms with van der Waals surface area (Å²) in [5, 5.41) is 11.1. The zero-order valence-electron chi connectivity index (χ0n) is 13.2. The van der Waals surface area contributed by atoms with Gasteiger partial charge in [-0.25, -0.2) is 0 Å². The summed E-state index contributed by atoms with van der Waals surface area (Å²) in [5.41, 5.74) is 5.31. The van der Waals surface area contributed by atoms with E-state index in [1.54, 1.807) is 0 Å². The Morgan fingerprint density at radius 3 is 3.05 bits per heavy atom. The number of piperidine rings is 1. The maximum Gasteiger partial charge on any atom is 0.0471 e. The standard InChI is InChI=1S/C19H24N2O/c1-3-16-15-9-18-14(8-12(11-22)10-21(18)4-2)13-6-5-7-17(20-16)19(13)15/h3,5-7,12,14,18,20,22H,1,4,8-11H2,2H3/t12?,14-,18-/m1/s1. The van der Waals surface area contributed by atoms with Crippen LogP contribution in [0.5, 0.6) is 0 Å². The summed E-state index contributed by atoms with van der Waals surface area (Å²) in [6.07, 6.45) is 4.15. The molecule has 1 saturated heterocycles. The van der Waals surface area contributed by atoms with E-state index in [0.717, 1.165) is 25.9 Å². The van der Waals surface area contributed by atoms with E-state index in [4.69, 9.17) is 0 Å². The number of aromatic amines is 1. The van der Waals surface area contributed by atoms with Gasteiger partial charge in [0, 0.05) is 41.7 Å². The van der Waals surface area contributed by atoms with Crippen molar-refractivity contribution in [2.45, 2.75) is 31.7 Å². The maximum absolute atomic E-state index is 9.68.